The summed E-state index contributed by atoms with van der Waals surface area (Å²) in [6.45, 7) is 19.6. The molecule has 0 spiro atoms. The zero-order valence-corrected chi connectivity index (χ0v) is 30.5. The number of hydrogen-bond donors (Lipinski definition) is 1. The number of ether oxygens (including phenoxy) is 4. The van der Waals surface area contributed by atoms with E-state index in [1.807, 2.05) is 44.4 Å². The van der Waals surface area contributed by atoms with E-state index >= 15 is 0 Å². The molecule has 4 heterocycles. The molecule has 1 aliphatic rings. The first-order chi connectivity index (χ1) is 23.8. The zero-order valence-electron chi connectivity index (χ0n) is 29.8. The highest BCUT2D eigenvalue weighted by molar-refractivity contribution is 6.30. The Morgan fingerprint density at radius 1 is 1.18 bits per heavy atom. The number of anilines is 1. The predicted octanol–water partition coefficient (Wildman–Crippen LogP) is 7.96. The molecule has 0 unspecified atom stereocenters. The molecule has 0 amide bonds. The summed E-state index contributed by atoms with van der Waals surface area (Å²) < 4.78 is 40.0. The third-order valence-electron chi connectivity index (χ3n) is 8.73. The number of methoxy groups -OCH3 is 1. The second kappa shape index (κ2) is 15.4. The number of nitrogens with zero attached hydrogens (tertiary/aromatic N) is 4. The van der Waals surface area contributed by atoms with Gasteiger partial charge in [-0.2, -0.15) is 0 Å². The Morgan fingerprint density at radius 3 is 2.58 bits per heavy atom. The van der Waals surface area contributed by atoms with Crippen LogP contribution >= 0.6 is 11.6 Å². The number of carbonyl (C=O) groups is 1. The number of aromatic nitrogens is 4. The van der Waals surface area contributed by atoms with Gasteiger partial charge in [-0.05, 0) is 83.7 Å². The predicted molar refractivity (Wildman–Crippen MR) is 194 cm³/mol. The van der Waals surface area contributed by atoms with Crippen molar-refractivity contribution in [3.63, 3.8) is 0 Å². The third kappa shape index (κ3) is 8.39. The number of benzene rings is 1. The number of piperidine rings is 1. The highest BCUT2D eigenvalue weighted by Gasteiger charge is 2.37. The molecule has 0 bridgehead atoms. The Balaban J connectivity index is 1.58. The lowest BCUT2D eigenvalue weighted by Gasteiger charge is -2.41. The Morgan fingerprint density at radius 2 is 1.92 bits per heavy atom. The van der Waals surface area contributed by atoms with Crippen LogP contribution < -0.4 is 9.64 Å². The molecule has 1 saturated heterocycles. The van der Waals surface area contributed by atoms with Crippen LogP contribution in [-0.4, -0.2) is 69.9 Å². The van der Waals surface area contributed by atoms with Crippen molar-refractivity contribution in [2.24, 2.45) is 0 Å². The Bertz CT molecular complexity index is 1850. The van der Waals surface area contributed by atoms with E-state index in [4.69, 9.17) is 35.5 Å². The molecule has 10 nitrogen and oxygen atoms in total. The molecule has 5 rings (SSSR count). The van der Waals surface area contributed by atoms with E-state index in [1.54, 1.807) is 18.2 Å². The first-order valence-electron chi connectivity index (χ1n) is 16.8. The quantitative estimate of drug-likeness (QED) is 0.0800. The number of fused-ring (bicyclic) bond motifs is 1. The Labute approximate surface area is 298 Å². The van der Waals surface area contributed by atoms with Crippen molar-refractivity contribution in [3.8, 4) is 17.3 Å². The summed E-state index contributed by atoms with van der Waals surface area (Å²) in [4.78, 5) is 28.5. The standard InChI is InChI=1S/C38H47ClFN5O5/c1-9-11-19-48-29-13-12-26(40)21-25(29)22-27-33(39)43-34(42-27)28-23-45-30(41-28)20-24(3)31(32(36(46)47-8)50-37(4,5)6)35(45)44-16-14-38(7,15-17-44)49-18-10-2/h9-10,12-13,20-21,23,32H,1-2,11,14-19,22H2,3-8H3,(H,42,43)/t32-/m0/s1. The molecule has 1 fully saturated rings. The number of pyridine rings is 1. The minimum Gasteiger partial charge on any atom is -0.493 e. The molecule has 0 radical (unpaired) electrons. The monoisotopic (exact) mass is 707 g/mol. The molecular weight excluding hydrogens is 661 g/mol. The molecule has 4 aromatic rings. The van der Waals surface area contributed by atoms with Gasteiger partial charge in [0.15, 0.2) is 17.1 Å². The first-order valence-corrected chi connectivity index (χ1v) is 17.2. The topological polar surface area (TPSA) is 103 Å². The van der Waals surface area contributed by atoms with Crippen molar-refractivity contribution in [2.45, 2.75) is 77.6 Å². The normalized spacial score (nSPS) is 15.2. The van der Waals surface area contributed by atoms with Crippen LogP contribution in [0.3, 0.4) is 0 Å². The van der Waals surface area contributed by atoms with Crippen LogP contribution in [0.4, 0.5) is 10.2 Å². The molecule has 0 aliphatic carbocycles. The van der Waals surface area contributed by atoms with E-state index in [1.165, 1.54) is 19.2 Å². The smallest absolute Gasteiger partial charge is 0.339 e. The van der Waals surface area contributed by atoms with Crippen LogP contribution in [0, 0.1) is 12.7 Å². The number of aryl methyl sites for hydroxylation is 1. The van der Waals surface area contributed by atoms with Crippen molar-refractivity contribution < 1.29 is 28.1 Å². The fraction of sp³-hybridized carbons (Fsp3) is 0.447. The molecular formula is C38H47ClFN5O5. The minimum absolute atomic E-state index is 0.245. The van der Waals surface area contributed by atoms with Gasteiger partial charge in [0.05, 0.1) is 37.2 Å². The fourth-order valence-corrected chi connectivity index (χ4v) is 6.38. The number of H-pyrrole nitrogens is 1. The molecule has 1 aliphatic heterocycles. The van der Waals surface area contributed by atoms with Crippen molar-refractivity contribution >= 4 is 29.0 Å². The molecule has 0 saturated carbocycles. The summed E-state index contributed by atoms with van der Waals surface area (Å²) >= 11 is 6.66. The van der Waals surface area contributed by atoms with Crippen LogP contribution in [0.5, 0.6) is 5.75 Å². The maximum atomic E-state index is 14.3. The summed E-state index contributed by atoms with van der Waals surface area (Å²) in [6.07, 6.45) is 6.86. The lowest BCUT2D eigenvalue weighted by molar-refractivity contribution is -0.164. The van der Waals surface area contributed by atoms with Gasteiger partial charge < -0.3 is 28.8 Å². The molecule has 12 heteroatoms. The van der Waals surface area contributed by atoms with Gasteiger partial charge in [0.25, 0.3) is 0 Å². The maximum Gasteiger partial charge on any atom is 0.339 e. The lowest BCUT2D eigenvalue weighted by Crippen LogP contribution is -2.45. The average Bonchev–Trinajstić information content (AvgIpc) is 3.66. The molecule has 1 N–H and O–H groups in total. The summed E-state index contributed by atoms with van der Waals surface area (Å²) in [7, 11) is 1.37. The summed E-state index contributed by atoms with van der Waals surface area (Å²) in [5.74, 6) is 0.919. The lowest BCUT2D eigenvalue weighted by atomic mass is 9.92. The number of halogens is 2. The second-order valence-corrected chi connectivity index (χ2v) is 14.2. The molecule has 50 heavy (non-hydrogen) atoms. The Kier molecular flexibility index (Phi) is 11.4. The van der Waals surface area contributed by atoms with Gasteiger partial charge in [0, 0.05) is 36.8 Å². The SMILES string of the molecule is C=CCCOc1ccc(F)cc1Cc1[nH]c(-c2cn3c(N4CCC(C)(OCC=C)CC4)c([C@H](OC(C)(C)C)C(=O)OC)c(C)cc3n2)nc1Cl. The van der Waals surface area contributed by atoms with E-state index in [2.05, 4.69) is 34.9 Å². The van der Waals surface area contributed by atoms with Crippen LogP contribution in [0.1, 0.15) is 75.4 Å². The first kappa shape index (κ1) is 37.1. The number of rotatable bonds is 14. The van der Waals surface area contributed by atoms with E-state index in [9.17, 15) is 9.18 Å². The number of aromatic amines is 1. The highest BCUT2D eigenvalue weighted by atomic mass is 35.5. The van der Waals surface area contributed by atoms with Crippen molar-refractivity contribution in [2.75, 3.05) is 38.3 Å². The van der Waals surface area contributed by atoms with Gasteiger partial charge >= 0.3 is 5.97 Å². The largest absolute Gasteiger partial charge is 0.493 e. The summed E-state index contributed by atoms with van der Waals surface area (Å²) in [6, 6.07) is 6.34. The van der Waals surface area contributed by atoms with Crippen molar-refractivity contribution in [1.82, 2.24) is 19.4 Å². The molecule has 268 valence electrons. The van der Waals surface area contributed by atoms with Crippen LogP contribution in [0.15, 0.2) is 55.8 Å². The van der Waals surface area contributed by atoms with Gasteiger partial charge in [0.2, 0.25) is 0 Å². The third-order valence-corrected chi connectivity index (χ3v) is 9.04. The summed E-state index contributed by atoms with van der Waals surface area (Å²) in [5, 5.41) is 0.245. The minimum atomic E-state index is -0.991. The van der Waals surface area contributed by atoms with Gasteiger partial charge in [-0.3, -0.25) is 4.40 Å². The van der Waals surface area contributed by atoms with E-state index in [0.29, 0.717) is 72.5 Å². The van der Waals surface area contributed by atoms with Crippen molar-refractivity contribution in [1.29, 1.82) is 0 Å². The van der Waals surface area contributed by atoms with E-state index in [-0.39, 0.29) is 23.0 Å². The second-order valence-electron chi connectivity index (χ2n) is 13.8. The Hall–Kier alpha value is -4.19. The summed E-state index contributed by atoms with van der Waals surface area (Å²) in [5.41, 5.74) is 3.00. The molecule has 1 atom stereocenters. The number of imidazole rings is 2. The van der Waals surface area contributed by atoms with Crippen LogP contribution in [0.25, 0.3) is 17.2 Å². The fourth-order valence-electron chi connectivity index (χ4n) is 6.18. The number of hydrogen-bond acceptors (Lipinski definition) is 8. The van der Waals surface area contributed by atoms with Crippen LogP contribution in [0.2, 0.25) is 5.15 Å². The molecule has 3 aromatic heterocycles. The average molecular weight is 708 g/mol. The van der Waals surface area contributed by atoms with Gasteiger partial charge in [-0.1, -0.05) is 23.8 Å². The number of nitrogens with one attached hydrogen (secondary N) is 1. The molecule has 1 aromatic carbocycles. The van der Waals surface area contributed by atoms with Crippen molar-refractivity contribution in [3.05, 3.63) is 89.1 Å². The number of esters is 1. The zero-order chi connectivity index (χ0) is 36.2. The highest BCUT2D eigenvalue weighted by Crippen LogP contribution is 2.40. The van der Waals surface area contributed by atoms with Gasteiger partial charge in [0.1, 0.15) is 28.7 Å². The maximum absolute atomic E-state index is 14.3. The van der Waals surface area contributed by atoms with Gasteiger partial charge in [-0.15, -0.1) is 13.2 Å². The van der Waals surface area contributed by atoms with Gasteiger partial charge in [-0.25, -0.2) is 19.2 Å². The van der Waals surface area contributed by atoms with E-state index in [0.717, 1.165) is 24.2 Å². The van der Waals surface area contributed by atoms with Crippen LogP contribution in [-0.2, 0) is 25.4 Å². The number of carbonyl (C=O) groups excluding carboxylic acids is 1. The van der Waals surface area contributed by atoms with E-state index < -0.39 is 17.7 Å².